The summed E-state index contributed by atoms with van der Waals surface area (Å²) in [7, 11) is 0. The van der Waals surface area contributed by atoms with Crippen LogP contribution in [0.1, 0.15) is 11.4 Å². The molecule has 0 aliphatic rings. The zero-order valence-corrected chi connectivity index (χ0v) is 11.5. The van der Waals surface area contributed by atoms with Gasteiger partial charge in [-0.2, -0.15) is 53.3 Å². The van der Waals surface area contributed by atoms with E-state index in [4.69, 9.17) is 0 Å². The molecule has 25 heavy (non-hydrogen) atoms. The van der Waals surface area contributed by atoms with Gasteiger partial charge in [-0.05, 0) is 13.0 Å². The van der Waals surface area contributed by atoms with E-state index in [1.54, 1.807) is 4.98 Å². The van der Waals surface area contributed by atoms with Crippen molar-refractivity contribution >= 4 is 0 Å². The molecule has 1 heterocycles. The highest BCUT2D eigenvalue weighted by molar-refractivity contribution is 5.15. The number of aromatic amines is 1. The summed E-state index contributed by atoms with van der Waals surface area (Å²) >= 11 is 0. The van der Waals surface area contributed by atoms with Gasteiger partial charge in [0.1, 0.15) is 5.69 Å². The summed E-state index contributed by atoms with van der Waals surface area (Å²) in [4.78, 5) is 14.9. The Labute approximate surface area is 129 Å². The normalized spacial score (nSPS) is 16.6. The van der Waals surface area contributed by atoms with Gasteiger partial charge in [0.15, 0.2) is 0 Å². The second-order valence-corrected chi connectivity index (χ2v) is 4.54. The topological polar surface area (TPSA) is 55.0 Å². The lowest BCUT2D eigenvalue weighted by Gasteiger charge is -2.34. The van der Waals surface area contributed by atoms with E-state index in [2.05, 4.69) is 9.72 Å². The van der Waals surface area contributed by atoms with E-state index < -0.39 is 47.3 Å². The van der Waals surface area contributed by atoms with Crippen molar-refractivity contribution in [2.75, 3.05) is 0 Å². The standard InChI is InChI=1S/C10H5F11N2O2/c1-3-2-4(23-5(24)22-3)6(11,8(14,15)16)25-10(20,21)7(12,13)9(17,18)19/h2H,1H3,(H,22,23,24). The van der Waals surface area contributed by atoms with E-state index in [0.717, 1.165) is 6.92 Å². The first-order valence-corrected chi connectivity index (χ1v) is 5.72. The second kappa shape index (κ2) is 5.81. The van der Waals surface area contributed by atoms with Crippen LogP contribution in [0.15, 0.2) is 10.9 Å². The van der Waals surface area contributed by atoms with Crippen LogP contribution < -0.4 is 5.69 Å². The van der Waals surface area contributed by atoms with Crippen molar-refractivity contribution in [1.29, 1.82) is 0 Å². The number of rotatable bonds is 4. The van der Waals surface area contributed by atoms with Crippen molar-refractivity contribution in [2.45, 2.75) is 37.2 Å². The number of halogens is 11. The Bertz CT molecular complexity index is 693. The Kier molecular flexibility index (Phi) is 4.91. The number of aromatic nitrogens is 2. The zero-order valence-electron chi connectivity index (χ0n) is 11.5. The van der Waals surface area contributed by atoms with Gasteiger partial charge in [0, 0.05) is 5.69 Å². The summed E-state index contributed by atoms with van der Waals surface area (Å²) in [5.41, 5.74) is -4.62. The molecule has 0 saturated carbocycles. The third-order valence-electron chi connectivity index (χ3n) is 2.56. The maximum Gasteiger partial charge on any atom is 0.462 e. The molecule has 0 aliphatic heterocycles. The van der Waals surface area contributed by atoms with Crippen molar-refractivity contribution in [2.24, 2.45) is 0 Å². The van der Waals surface area contributed by atoms with Crippen molar-refractivity contribution in [3.63, 3.8) is 0 Å². The van der Waals surface area contributed by atoms with Crippen molar-refractivity contribution in [1.82, 2.24) is 9.97 Å². The molecule has 1 aromatic rings. The van der Waals surface area contributed by atoms with Crippen LogP contribution >= 0.6 is 0 Å². The average molecular weight is 394 g/mol. The van der Waals surface area contributed by atoms with Crippen LogP contribution in [-0.4, -0.2) is 34.4 Å². The summed E-state index contributed by atoms with van der Waals surface area (Å²) in [6, 6.07) is -0.0311. The number of H-pyrrole nitrogens is 1. The van der Waals surface area contributed by atoms with Gasteiger partial charge in [-0.25, -0.2) is 4.79 Å². The number of hydrogen-bond acceptors (Lipinski definition) is 3. The van der Waals surface area contributed by atoms with Crippen LogP contribution in [0.2, 0.25) is 0 Å². The molecular weight excluding hydrogens is 389 g/mol. The first-order valence-electron chi connectivity index (χ1n) is 5.72. The molecule has 0 aromatic carbocycles. The fourth-order valence-electron chi connectivity index (χ4n) is 1.41. The molecule has 0 fully saturated rings. The molecule has 144 valence electrons. The summed E-state index contributed by atoms with van der Waals surface area (Å²) in [5, 5.41) is 0. The van der Waals surface area contributed by atoms with Crippen LogP contribution in [0.3, 0.4) is 0 Å². The first kappa shape index (κ1) is 21.1. The molecule has 1 unspecified atom stereocenters. The molecule has 15 heteroatoms. The van der Waals surface area contributed by atoms with E-state index in [1.807, 2.05) is 0 Å². The molecule has 4 nitrogen and oxygen atoms in total. The second-order valence-electron chi connectivity index (χ2n) is 4.54. The van der Waals surface area contributed by atoms with E-state index in [1.165, 1.54) is 0 Å². The van der Waals surface area contributed by atoms with Gasteiger partial charge in [0.25, 0.3) is 0 Å². The smallest absolute Gasteiger partial charge is 0.310 e. The zero-order chi connectivity index (χ0) is 20.1. The number of nitrogens with zero attached hydrogens (tertiary/aromatic N) is 1. The SMILES string of the molecule is Cc1cc(C(F)(OC(F)(F)C(F)(F)C(F)(F)F)C(F)(F)F)nc(=O)[nH]1. The lowest BCUT2D eigenvalue weighted by atomic mass is 10.1. The average Bonchev–Trinajstić information content (AvgIpc) is 2.33. The maximum absolute atomic E-state index is 14.1. The molecule has 1 aromatic heterocycles. The predicted molar refractivity (Wildman–Crippen MR) is 55.5 cm³/mol. The van der Waals surface area contributed by atoms with Crippen molar-refractivity contribution < 1.29 is 53.0 Å². The molecule has 1 N–H and O–H groups in total. The van der Waals surface area contributed by atoms with Crippen LogP contribution in [0.5, 0.6) is 0 Å². The third-order valence-corrected chi connectivity index (χ3v) is 2.56. The monoisotopic (exact) mass is 394 g/mol. The quantitative estimate of drug-likeness (QED) is 0.795. The highest BCUT2D eigenvalue weighted by Gasteiger charge is 2.78. The van der Waals surface area contributed by atoms with E-state index in [0.29, 0.717) is 0 Å². The minimum atomic E-state index is -7.18. The van der Waals surface area contributed by atoms with E-state index in [9.17, 15) is 53.1 Å². The van der Waals surface area contributed by atoms with Crippen LogP contribution in [-0.2, 0) is 10.6 Å². The lowest BCUT2D eigenvalue weighted by molar-refractivity contribution is -0.488. The summed E-state index contributed by atoms with van der Waals surface area (Å²) in [6.07, 6.45) is -20.7. The molecule has 0 amide bonds. The Morgan fingerprint density at radius 2 is 1.40 bits per heavy atom. The highest BCUT2D eigenvalue weighted by Crippen LogP contribution is 2.53. The molecular formula is C10H5F11N2O2. The number of nitrogens with one attached hydrogen (secondary N) is 1. The number of aryl methyl sites for hydroxylation is 1. The number of ether oxygens (including phenoxy) is 1. The molecule has 0 bridgehead atoms. The van der Waals surface area contributed by atoms with Gasteiger partial charge in [0.05, 0.1) is 0 Å². The summed E-state index contributed by atoms with van der Waals surface area (Å²) in [5.74, 6) is -13.1. The van der Waals surface area contributed by atoms with Crippen molar-refractivity contribution in [3.8, 4) is 0 Å². The summed E-state index contributed by atoms with van der Waals surface area (Å²) in [6.45, 7) is 0.825. The highest BCUT2D eigenvalue weighted by atomic mass is 19.4. The van der Waals surface area contributed by atoms with Crippen LogP contribution in [0.4, 0.5) is 48.3 Å². The minimum absolute atomic E-state index is 0.0311. The largest absolute Gasteiger partial charge is 0.462 e. The molecule has 1 rings (SSSR count). The van der Waals surface area contributed by atoms with Gasteiger partial charge in [-0.3, -0.25) is 4.74 Å². The Morgan fingerprint density at radius 1 is 0.920 bits per heavy atom. The Hall–Kier alpha value is -1.93. The number of alkyl halides is 11. The Balaban J connectivity index is 3.55. The fraction of sp³-hybridized carbons (Fsp3) is 0.600. The van der Waals surface area contributed by atoms with E-state index >= 15 is 0 Å². The predicted octanol–water partition coefficient (Wildman–Crippen LogP) is 3.57. The maximum atomic E-state index is 14.1. The molecule has 0 spiro atoms. The van der Waals surface area contributed by atoms with Gasteiger partial charge in [-0.15, -0.1) is 0 Å². The Morgan fingerprint density at radius 3 is 1.76 bits per heavy atom. The van der Waals surface area contributed by atoms with Crippen molar-refractivity contribution in [3.05, 3.63) is 27.9 Å². The minimum Gasteiger partial charge on any atom is -0.310 e. The van der Waals surface area contributed by atoms with Gasteiger partial charge in [-0.1, -0.05) is 0 Å². The first-order chi connectivity index (χ1) is 10.8. The third kappa shape index (κ3) is 3.69. The van der Waals surface area contributed by atoms with Gasteiger partial charge in [0.2, 0.25) is 0 Å². The molecule has 1 atom stereocenters. The summed E-state index contributed by atoms with van der Waals surface area (Å²) < 4.78 is 142. The van der Waals surface area contributed by atoms with Crippen LogP contribution in [0, 0.1) is 6.92 Å². The molecule has 0 radical (unpaired) electrons. The number of hydrogen-bond donors (Lipinski definition) is 1. The molecule has 0 saturated heterocycles. The van der Waals surface area contributed by atoms with Crippen LogP contribution in [0.25, 0.3) is 0 Å². The lowest BCUT2D eigenvalue weighted by Crippen LogP contribution is -2.58. The van der Waals surface area contributed by atoms with Gasteiger partial charge >= 0.3 is 35.9 Å². The van der Waals surface area contributed by atoms with Gasteiger partial charge < -0.3 is 4.98 Å². The van der Waals surface area contributed by atoms with E-state index in [-0.39, 0.29) is 6.07 Å². The molecule has 0 aliphatic carbocycles. The fourth-order valence-corrected chi connectivity index (χ4v) is 1.41.